The number of hydrogen-bond donors (Lipinski definition) is 2. The summed E-state index contributed by atoms with van der Waals surface area (Å²) < 4.78 is 37.6. The Labute approximate surface area is 169 Å². The predicted molar refractivity (Wildman–Crippen MR) is 111 cm³/mol. The second kappa shape index (κ2) is 8.66. The van der Waals surface area contributed by atoms with Gasteiger partial charge in [0.2, 0.25) is 0 Å². The van der Waals surface area contributed by atoms with Crippen LogP contribution in [-0.4, -0.2) is 28.5 Å². The van der Waals surface area contributed by atoms with Crippen LogP contribution in [0, 0.1) is 0 Å². The second-order valence-corrected chi connectivity index (χ2v) is 7.73. The Kier molecular flexibility index (Phi) is 6.04. The summed E-state index contributed by atoms with van der Waals surface area (Å²) in [4.78, 5) is 12.5. The first-order valence-corrected chi connectivity index (χ1v) is 10.1. The monoisotopic (exact) mass is 412 g/mol. The highest BCUT2D eigenvalue weighted by Gasteiger charge is 2.15. The number of carbonyl (C=O) groups is 1. The van der Waals surface area contributed by atoms with Crippen LogP contribution in [0.15, 0.2) is 77.7 Å². The first kappa shape index (κ1) is 20.2. The van der Waals surface area contributed by atoms with Gasteiger partial charge in [-0.1, -0.05) is 6.07 Å². The molecule has 8 heteroatoms. The molecule has 0 bridgehead atoms. The first-order valence-electron chi connectivity index (χ1n) is 8.63. The van der Waals surface area contributed by atoms with E-state index in [1.165, 1.54) is 31.4 Å². The summed E-state index contributed by atoms with van der Waals surface area (Å²) in [5.74, 6) is 0.879. The van der Waals surface area contributed by atoms with Crippen LogP contribution < -0.4 is 19.5 Å². The third-order valence-corrected chi connectivity index (χ3v) is 5.49. The van der Waals surface area contributed by atoms with E-state index in [1.807, 2.05) is 0 Å². The molecule has 0 aliphatic carbocycles. The average Bonchev–Trinajstić information content (AvgIpc) is 2.74. The molecule has 0 fully saturated rings. The number of anilines is 2. The predicted octanol–water partition coefficient (Wildman–Crippen LogP) is 3.76. The fraction of sp³-hybridized carbons (Fsp3) is 0.0952. The van der Waals surface area contributed by atoms with Gasteiger partial charge in [0, 0.05) is 23.0 Å². The number of amides is 1. The fourth-order valence-electron chi connectivity index (χ4n) is 2.56. The van der Waals surface area contributed by atoms with Gasteiger partial charge in [0.15, 0.2) is 0 Å². The normalized spacial score (nSPS) is 10.8. The van der Waals surface area contributed by atoms with Crippen molar-refractivity contribution in [3.8, 4) is 11.5 Å². The quantitative estimate of drug-likeness (QED) is 0.616. The van der Waals surface area contributed by atoms with Gasteiger partial charge in [0.1, 0.15) is 11.5 Å². The van der Waals surface area contributed by atoms with Crippen molar-refractivity contribution in [1.29, 1.82) is 0 Å². The Bertz CT molecular complexity index is 1090. The lowest BCUT2D eigenvalue weighted by Crippen LogP contribution is -2.14. The van der Waals surface area contributed by atoms with E-state index in [1.54, 1.807) is 55.6 Å². The molecule has 0 saturated carbocycles. The number of methoxy groups -OCH3 is 2. The Balaban J connectivity index is 1.69. The Morgan fingerprint density at radius 1 is 0.793 bits per heavy atom. The van der Waals surface area contributed by atoms with Crippen LogP contribution in [0.5, 0.6) is 11.5 Å². The minimum atomic E-state index is -3.75. The van der Waals surface area contributed by atoms with E-state index in [2.05, 4.69) is 10.0 Å². The largest absolute Gasteiger partial charge is 0.497 e. The second-order valence-electron chi connectivity index (χ2n) is 6.04. The lowest BCUT2D eigenvalue weighted by atomic mass is 10.2. The van der Waals surface area contributed by atoms with E-state index in [9.17, 15) is 13.2 Å². The number of sulfonamides is 1. The van der Waals surface area contributed by atoms with Crippen molar-refractivity contribution < 1.29 is 22.7 Å². The van der Waals surface area contributed by atoms with Gasteiger partial charge in [-0.05, 0) is 60.7 Å². The van der Waals surface area contributed by atoms with Crippen LogP contribution >= 0.6 is 0 Å². The maximum absolute atomic E-state index is 12.5. The summed E-state index contributed by atoms with van der Waals surface area (Å²) >= 11 is 0. The molecular formula is C21H20N2O5S. The number of carbonyl (C=O) groups excluding carboxylic acids is 1. The number of rotatable bonds is 7. The molecule has 3 rings (SSSR count). The smallest absolute Gasteiger partial charge is 0.261 e. The van der Waals surface area contributed by atoms with Crippen LogP contribution in [0.25, 0.3) is 0 Å². The molecule has 1 amide bonds. The lowest BCUT2D eigenvalue weighted by molar-refractivity contribution is 0.102. The maximum Gasteiger partial charge on any atom is 0.261 e. The summed E-state index contributed by atoms with van der Waals surface area (Å²) in [6.45, 7) is 0. The van der Waals surface area contributed by atoms with Crippen molar-refractivity contribution in [3.63, 3.8) is 0 Å². The highest BCUT2D eigenvalue weighted by Crippen LogP contribution is 2.21. The number of benzene rings is 3. The van der Waals surface area contributed by atoms with Crippen LogP contribution in [0.3, 0.4) is 0 Å². The molecule has 7 nitrogen and oxygen atoms in total. The molecular weight excluding hydrogens is 392 g/mol. The molecule has 0 radical (unpaired) electrons. The van der Waals surface area contributed by atoms with Crippen molar-refractivity contribution >= 4 is 27.3 Å². The van der Waals surface area contributed by atoms with E-state index in [0.29, 0.717) is 28.4 Å². The van der Waals surface area contributed by atoms with E-state index in [-0.39, 0.29) is 10.8 Å². The molecule has 29 heavy (non-hydrogen) atoms. The van der Waals surface area contributed by atoms with Crippen LogP contribution in [0.4, 0.5) is 11.4 Å². The topological polar surface area (TPSA) is 93.7 Å². The summed E-state index contributed by atoms with van der Waals surface area (Å²) in [5.41, 5.74) is 1.33. The van der Waals surface area contributed by atoms with Gasteiger partial charge in [-0.15, -0.1) is 0 Å². The molecule has 0 heterocycles. The number of hydrogen-bond acceptors (Lipinski definition) is 5. The van der Waals surface area contributed by atoms with Crippen molar-refractivity contribution in [2.45, 2.75) is 4.90 Å². The van der Waals surface area contributed by atoms with Gasteiger partial charge in [-0.2, -0.15) is 0 Å². The number of ether oxygens (including phenoxy) is 2. The molecule has 3 aromatic rings. The Morgan fingerprint density at radius 3 is 2.07 bits per heavy atom. The molecule has 0 atom stereocenters. The van der Waals surface area contributed by atoms with Gasteiger partial charge < -0.3 is 14.8 Å². The van der Waals surface area contributed by atoms with E-state index >= 15 is 0 Å². The molecule has 2 N–H and O–H groups in total. The highest BCUT2D eigenvalue weighted by atomic mass is 32.2. The zero-order chi connectivity index (χ0) is 20.9. The van der Waals surface area contributed by atoms with E-state index in [0.717, 1.165) is 0 Å². The summed E-state index contributed by atoms with van der Waals surface area (Å²) in [6, 6.07) is 19.2. The van der Waals surface area contributed by atoms with Crippen molar-refractivity contribution in [1.82, 2.24) is 0 Å². The molecule has 0 unspecified atom stereocenters. The standard InChI is InChI=1S/C21H20N2O5S/c1-27-18-10-12-20(13-11-18)29(25,26)23-16-8-6-15(7-9-16)21(24)22-17-4-3-5-19(14-17)28-2/h3-14,23H,1-2H3,(H,22,24). The summed E-state index contributed by atoms with van der Waals surface area (Å²) in [7, 11) is -0.692. The van der Waals surface area contributed by atoms with Gasteiger partial charge in [0.05, 0.1) is 19.1 Å². The molecule has 0 aliphatic heterocycles. The molecule has 0 spiro atoms. The molecule has 3 aromatic carbocycles. The van der Waals surface area contributed by atoms with Crippen LogP contribution in [0.1, 0.15) is 10.4 Å². The Morgan fingerprint density at radius 2 is 1.45 bits per heavy atom. The Hall–Kier alpha value is -3.52. The minimum Gasteiger partial charge on any atom is -0.497 e. The third-order valence-electron chi connectivity index (χ3n) is 4.10. The molecule has 0 aromatic heterocycles. The van der Waals surface area contributed by atoms with Crippen molar-refractivity contribution in [2.24, 2.45) is 0 Å². The first-order chi connectivity index (χ1) is 13.9. The zero-order valence-corrected chi connectivity index (χ0v) is 16.7. The number of nitrogens with one attached hydrogen (secondary N) is 2. The molecule has 0 aliphatic rings. The van der Waals surface area contributed by atoms with Crippen LogP contribution in [-0.2, 0) is 10.0 Å². The average molecular weight is 412 g/mol. The molecule has 0 saturated heterocycles. The van der Waals surface area contributed by atoms with Crippen LogP contribution in [0.2, 0.25) is 0 Å². The van der Waals surface area contributed by atoms with Gasteiger partial charge in [0.25, 0.3) is 15.9 Å². The fourth-order valence-corrected chi connectivity index (χ4v) is 3.62. The van der Waals surface area contributed by atoms with Gasteiger partial charge >= 0.3 is 0 Å². The van der Waals surface area contributed by atoms with Crippen molar-refractivity contribution in [3.05, 3.63) is 78.4 Å². The third kappa shape index (κ3) is 5.05. The summed E-state index contributed by atoms with van der Waals surface area (Å²) in [5, 5.41) is 2.77. The SMILES string of the molecule is COc1ccc(S(=O)(=O)Nc2ccc(C(=O)Nc3cccc(OC)c3)cc2)cc1. The molecule has 150 valence electrons. The minimum absolute atomic E-state index is 0.109. The van der Waals surface area contributed by atoms with E-state index < -0.39 is 10.0 Å². The highest BCUT2D eigenvalue weighted by molar-refractivity contribution is 7.92. The van der Waals surface area contributed by atoms with Gasteiger partial charge in [-0.3, -0.25) is 9.52 Å². The van der Waals surface area contributed by atoms with E-state index in [4.69, 9.17) is 9.47 Å². The van der Waals surface area contributed by atoms with Gasteiger partial charge in [-0.25, -0.2) is 8.42 Å². The lowest BCUT2D eigenvalue weighted by Gasteiger charge is -2.10. The zero-order valence-electron chi connectivity index (χ0n) is 15.9. The maximum atomic E-state index is 12.5. The summed E-state index contributed by atoms with van der Waals surface area (Å²) in [6.07, 6.45) is 0. The van der Waals surface area contributed by atoms with Crippen molar-refractivity contribution in [2.75, 3.05) is 24.3 Å².